The normalized spacial score (nSPS) is 14.9. The molecule has 1 aliphatic heterocycles. The first-order valence-corrected chi connectivity index (χ1v) is 10.4. The zero-order chi connectivity index (χ0) is 19.4. The Labute approximate surface area is 160 Å². The van der Waals surface area contributed by atoms with E-state index in [4.69, 9.17) is 4.74 Å². The summed E-state index contributed by atoms with van der Waals surface area (Å²) in [6.45, 7) is 4.88. The summed E-state index contributed by atoms with van der Waals surface area (Å²) in [6.07, 6.45) is 1.80. The first-order valence-electron chi connectivity index (χ1n) is 8.96. The van der Waals surface area contributed by atoms with Crippen LogP contribution < -0.4 is 10.1 Å². The lowest BCUT2D eigenvalue weighted by molar-refractivity contribution is -0.118. The molecule has 1 amide bonds. The van der Waals surface area contributed by atoms with Crippen LogP contribution in [0.15, 0.2) is 47.4 Å². The number of amides is 1. The Morgan fingerprint density at radius 1 is 1.07 bits per heavy atom. The molecule has 7 heteroatoms. The number of ether oxygens (including phenoxy) is 1. The Kier molecular flexibility index (Phi) is 5.82. The van der Waals surface area contributed by atoms with Crippen molar-refractivity contribution in [2.45, 2.75) is 31.6 Å². The molecule has 0 bridgehead atoms. The molecule has 0 unspecified atom stereocenters. The number of rotatable bonds is 6. The Balaban J connectivity index is 1.58. The summed E-state index contributed by atoms with van der Waals surface area (Å²) in [5, 5.41) is 2.83. The highest BCUT2D eigenvalue weighted by Gasteiger charge is 2.26. The van der Waals surface area contributed by atoms with Crippen molar-refractivity contribution in [1.82, 2.24) is 4.31 Å². The third kappa shape index (κ3) is 4.67. The first-order chi connectivity index (χ1) is 12.9. The lowest BCUT2D eigenvalue weighted by Gasteiger charge is -2.15. The van der Waals surface area contributed by atoms with Gasteiger partial charge in [-0.15, -0.1) is 0 Å². The number of nitrogens with one attached hydrogen (secondary N) is 1. The Morgan fingerprint density at radius 2 is 1.74 bits per heavy atom. The van der Waals surface area contributed by atoms with Gasteiger partial charge in [0, 0.05) is 18.8 Å². The highest BCUT2D eigenvalue weighted by Crippen LogP contribution is 2.23. The van der Waals surface area contributed by atoms with E-state index >= 15 is 0 Å². The van der Waals surface area contributed by atoms with Crippen LogP contribution in [-0.2, 0) is 14.8 Å². The van der Waals surface area contributed by atoms with E-state index in [0.29, 0.717) is 18.8 Å². The average Bonchev–Trinajstić information content (AvgIpc) is 3.19. The third-order valence-electron chi connectivity index (χ3n) is 4.56. The topological polar surface area (TPSA) is 75.7 Å². The average molecular weight is 388 g/mol. The number of sulfonamides is 1. The molecular weight excluding hydrogens is 364 g/mol. The summed E-state index contributed by atoms with van der Waals surface area (Å²) in [5.41, 5.74) is 2.80. The van der Waals surface area contributed by atoms with Gasteiger partial charge in [0.15, 0.2) is 6.61 Å². The second-order valence-electron chi connectivity index (χ2n) is 6.74. The highest BCUT2D eigenvalue weighted by atomic mass is 32.2. The van der Waals surface area contributed by atoms with Gasteiger partial charge in [-0.3, -0.25) is 4.79 Å². The van der Waals surface area contributed by atoms with Gasteiger partial charge >= 0.3 is 0 Å². The lowest BCUT2D eigenvalue weighted by atomic mass is 10.1. The number of hydrogen-bond donors (Lipinski definition) is 1. The van der Waals surface area contributed by atoms with Gasteiger partial charge in [0.1, 0.15) is 5.75 Å². The Hall–Kier alpha value is -2.38. The van der Waals surface area contributed by atoms with Crippen molar-refractivity contribution in [3.05, 3.63) is 53.6 Å². The van der Waals surface area contributed by atoms with Gasteiger partial charge in [0.25, 0.3) is 5.91 Å². The van der Waals surface area contributed by atoms with E-state index in [0.717, 1.165) is 29.7 Å². The largest absolute Gasteiger partial charge is 0.484 e. The van der Waals surface area contributed by atoms with E-state index in [1.807, 2.05) is 32.0 Å². The van der Waals surface area contributed by atoms with E-state index in [2.05, 4.69) is 5.32 Å². The number of carbonyl (C=O) groups is 1. The summed E-state index contributed by atoms with van der Waals surface area (Å²) in [6, 6.07) is 12.0. The molecule has 2 aromatic carbocycles. The molecule has 1 saturated heterocycles. The van der Waals surface area contributed by atoms with Gasteiger partial charge in [-0.1, -0.05) is 12.1 Å². The minimum Gasteiger partial charge on any atom is -0.484 e. The van der Waals surface area contributed by atoms with Crippen molar-refractivity contribution in [1.29, 1.82) is 0 Å². The molecule has 1 N–H and O–H groups in total. The Bertz CT molecular complexity index is 917. The number of hydrogen-bond acceptors (Lipinski definition) is 4. The van der Waals surface area contributed by atoms with Crippen molar-refractivity contribution < 1.29 is 17.9 Å². The van der Waals surface area contributed by atoms with Gasteiger partial charge in [0.2, 0.25) is 10.0 Å². The molecule has 3 rings (SSSR count). The zero-order valence-corrected chi connectivity index (χ0v) is 16.4. The summed E-state index contributed by atoms with van der Waals surface area (Å²) in [4.78, 5) is 12.4. The molecule has 1 heterocycles. The minimum absolute atomic E-state index is 0.147. The van der Waals surface area contributed by atoms with E-state index in [1.54, 1.807) is 12.1 Å². The summed E-state index contributed by atoms with van der Waals surface area (Å²) in [7, 11) is -3.44. The summed E-state index contributed by atoms with van der Waals surface area (Å²) < 4.78 is 32.0. The summed E-state index contributed by atoms with van der Waals surface area (Å²) >= 11 is 0. The molecule has 0 saturated carbocycles. The van der Waals surface area contributed by atoms with Crippen molar-refractivity contribution in [3.63, 3.8) is 0 Å². The smallest absolute Gasteiger partial charge is 0.262 e. The quantitative estimate of drug-likeness (QED) is 0.825. The Morgan fingerprint density at radius 3 is 2.41 bits per heavy atom. The molecule has 2 aromatic rings. The van der Waals surface area contributed by atoms with Crippen LogP contribution in [0.4, 0.5) is 5.69 Å². The van der Waals surface area contributed by atoms with Crippen LogP contribution >= 0.6 is 0 Å². The van der Waals surface area contributed by atoms with Crippen LogP contribution in [0.5, 0.6) is 5.75 Å². The second kappa shape index (κ2) is 8.10. The van der Waals surface area contributed by atoms with E-state index in [-0.39, 0.29) is 17.4 Å². The maximum atomic E-state index is 12.5. The molecule has 0 radical (unpaired) electrons. The zero-order valence-electron chi connectivity index (χ0n) is 15.6. The fourth-order valence-corrected chi connectivity index (χ4v) is 4.51. The minimum atomic E-state index is -3.44. The van der Waals surface area contributed by atoms with Gasteiger partial charge < -0.3 is 10.1 Å². The fourth-order valence-electron chi connectivity index (χ4n) is 2.99. The van der Waals surface area contributed by atoms with Gasteiger partial charge in [0.05, 0.1) is 4.90 Å². The number of carbonyl (C=O) groups excluding carboxylic acids is 1. The van der Waals surface area contributed by atoms with Gasteiger partial charge in [-0.05, 0) is 68.1 Å². The molecule has 0 spiro atoms. The molecule has 0 atom stereocenters. The standard InChI is InChI=1S/C20H24N2O4S/c1-15-5-6-16(2)19(13-15)21-20(23)14-26-17-7-9-18(10-8-17)27(24,25)22-11-3-4-12-22/h5-10,13H,3-4,11-12,14H2,1-2H3,(H,21,23). The predicted molar refractivity (Wildman–Crippen MR) is 104 cm³/mol. The van der Waals surface area contributed by atoms with Gasteiger partial charge in [-0.25, -0.2) is 8.42 Å². The number of benzene rings is 2. The SMILES string of the molecule is Cc1ccc(C)c(NC(=O)COc2ccc(S(=O)(=O)N3CCCC3)cc2)c1. The number of anilines is 1. The first kappa shape index (κ1) is 19.4. The number of nitrogens with zero attached hydrogens (tertiary/aromatic N) is 1. The van der Waals surface area contributed by atoms with Crippen LogP contribution in [0.1, 0.15) is 24.0 Å². The molecule has 27 heavy (non-hydrogen) atoms. The maximum absolute atomic E-state index is 12.5. The summed E-state index contributed by atoms with van der Waals surface area (Å²) in [5.74, 6) is 0.184. The molecule has 144 valence electrons. The van der Waals surface area contributed by atoms with Crippen LogP contribution in [-0.4, -0.2) is 38.3 Å². The van der Waals surface area contributed by atoms with Crippen LogP contribution in [0.3, 0.4) is 0 Å². The maximum Gasteiger partial charge on any atom is 0.262 e. The van der Waals surface area contributed by atoms with E-state index in [1.165, 1.54) is 16.4 Å². The van der Waals surface area contributed by atoms with Gasteiger partial charge in [-0.2, -0.15) is 4.31 Å². The van der Waals surface area contributed by atoms with Crippen molar-refractivity contribution >= 4 is 21.6 Å². The van der Waals surface area contributed by atoms with E-state index < -0.39 is 10.0 Å². The molecular formula is C20H24N2O4S. The van der Waals surface area contributed by atoms with Crippen molar-refractivity contribution in [2.24, 2.45) is 0 Å². The lowest BCUT2D eigenvalue weighted by Crippen LogP contribution is -2.27. The highest BCUT2D eigenvalue weighted by molar-refractivity contribution is 7.89. The van der Waals surface area contributed by atoms with Crippen LogP contribution in [0, 0.1) is 13.8 Å². The van der Waals surface area contributed by atoms with Crippen LogP contribution in [0.25, 0.3) is 0 Å². The molecule has 1 aliphatic rings. The molecule has 0 aliphatic carbocycles. The second-order valence-corrected chi connectivity index (χ2v) is 8.68. The van der Waals surface area contributed by atoms with E-state index in [9.17, 15) is 13.2 Å². The van der Waals surface area contributed by atoms with Crippen molar-refractivity contribution in [3.8, 4) is 5.75 Å². The van der Waals surface area contributed by atoms with Crippen molar-refractivity contribution in [2.75, 3.05) is 25.0 Å². The fraction of sp³-hybridized carbons (Fsp3) is 0.350. The monoisotopic (exact) mass is 388 g/mol. The number of aryl methyl sites for hydroxylation is 2. The predicted octanol–water partition coefficient (Wildman–Crippen LogP) is 3.11. The third-order valence-corrected chi connectivity index (χ3v) is 6.48. The molecule has 1 fully saturated rings. The molecule has 6 nitrogen and oxygen atoms in total. The molecule has 0 aromatic heterocycles. The van der Waals surface area contributed by atoms with Crippen LogP contribution in [0.2, 0.25) is 0 Å².